The fourth-order valence-electron chi connectivity index (χ4n) is 4.39. The van der Waals surface area contributed by atoms with Crippen LogP contribution < -0.4 is 5.32 Å². The van der Waals surface area contributed by atoms with Crippen LogP contribution in [0.2, 0.25) is 0 Å². The Kier molecular flexibility index (Phi) is 9.04. The van der Waals surface area contributed by atoms with Gasteiger partial charge in [0.1, 0.15) is 0 Å². The summed E-state index contributed by atoms with van der Waals surface area (Å²) in [6, 6.07) is 10.9. The summed E-state index contributed by atoms with van der Waals surface area (Å²) in [5.41, 5.74) is 2.07. The van der Waals surface area contributed by atoms with Crippen LogP contribution in [0.15, 0.2) is 48.3 Å². The van der Waals surface area contributed by atoms with Crippen LogP contribution in [0, 0.1) is 0 Å². The maximum Gasteiger partial charge on any atom is 0.164 e. The molecule has 166 valence electrons. The first-order chi connectivity index (χ1) is 14.7. The third-order valence-electron chi connectivity index (χ3n) is 6.22. The predicted octanol–water partition coefficient (Wildman–Crippen LogP) is 4.71. The smallest absolute Gasteiger partial charge is 0.164 e. The van der Waals surface area contributed by atoms with Crippen LogP contribution in [0.3, 0.4) is 0 Å². The number of hydrogen-bond acceptors (Lipinski definition) is 5. The molecular formula is C24H36ClN3O2. The van der Waals surface area contributed by atoms with E-state index in [1.54, 1.807) is 0 Å². The summed E-state index contributed by atoms with van der Waals surface area (Å²) >= 11 is 5.84. The summed E-state index contributed by atoms with van der Waals surface area (Å²) in [6.07, 6.45) is 7.96. The molecule has 2 aliphatic heterocycles. The quantitative estimate of drug-likeness (QED) is 0.405. The molecule has 0 saturated carbocycles. The van der Waals surface area contributed by atoms with Gasteiger partial charge in [0.25, 0.3) is 0 Å². The maximum absolute atomic E-state index is 6.21. The molecule has 3 rings (SSSR count). The van der Waals surface area contributed by atoms with Crippen LogP contribution >= 0.6 is 11.6 Å². The van der Waals surface area contributed by atoms with E-state index in [-0.39, 0.29) is 11.6 Å². The van der Waals surface area contributed by atoms with E-state index in [0.29, 0.717) is 25.1 Å². The van der Waals surface area contributed by atoms with E-state index in [1.165, 1.54) is 11.3 Å². The van der Waals surface area contributed by atoms with Gasteiger partial charge in [-0.25, -0.2) is 0 Å². The number of alkyl halides is 1. The van der Waals surface area contributed by atoms with Crippen molar-refractivity contribution in [1.82, 2.24) is 10.2 Å². The minimum atomic E-state index is -0.290. The van der Waals surface area contributed by atoms with Crippen molar-refractivity contribution < 1.29 is 9.57 Å². The average Bonchev–Trinajstić information content (AvgIpc) is 3.11. The molecule has 0 aromatic heterocycles. The normalized spacial score (nSPS) is 26.1. The standard InChI is InChI=1S/C24H36ClN3O2/c1-3-28(15-16-29-19-21-9-5-4-6-10-21)23-18-26-20(2)12-13-24(23)17-22(27-30-24)11-7-8-14-25/h3-6,9-10,20,23,26H,1,7-8,11-19H2,2H3/t20-,23+,24-/m0/s1. The Morgan fingerprint density at radius 3 is 2.97 bits per heavy atom. The van der Waals surface area contributed by atoms with Crippen molar-refractivity contribution in [2.24, 2.45) is 5.16 Å². The Balaban J connectivity index is 1.59. The van der Waals surface area contributed by atoms with Gasteiger partial charge in [0.2, 0.25) is 0 Å². The first-order valence-electron chi connectivity index (χ1n) is 11.2. The van der Waals surface area contributed by atoms with Gasteiger partial charge >= 0.3 is 0 Å². The monoisotopic (exact) mass is 433 g/mol. The van der Waals surface area contributed by atoms with Crippen molar-refractivity contribution >= 4 is 17.3 Å². The molecule has 1 aromatic rings. The highest BCUT2D eigenvalue weighted by atomic mass is 35.5. The van der Waals surface area contributed by atoms with Crippen molar-refractivity contribution in [3.8, 4) is 0 Å². The van der Waals surface area contributed by atoms with Crippen LogP contribution in [0.25, 0.3) is 0 Å². The highest BCUT2D eigenvalue weighted by Crippen LogP contribution is 2.38. The third kappa shape index (κ3) is 6.22. The molecule has 3 atom stereocenters. The zero-order chi connectivity index (χ0) is 21.2. The lowest BCUT2D eigenvalue weighted by atomic mass is 9.83. The molecule has 0 amide bonds. The average molecular weight is 434 g/mol. The molecule has 0 bridgehead atoms. The minimum absolute atomic E-state index is 0.176. The van der Waals surface area contributed by atoms with Crippen LogP contribution in [0.1, 0.15) is 51.0 Å². The highest BCUT2D eigenvalue weighted by Gasteiger charge is 2.49. The molecule has 1 fully saturated rings. The molecular weight excluding hydrogens is 398 g/mol. The Hall–Kier alpha value is -1.56. The molecule has 0 unspecified atom stereocenters. The summed E-state index contributed by atoms with van der Waals surface area (Å²) in [5.74, 6) is 0.705. The highest BCUT2D eigenvalue weighted by molar-refractivity contribution is 6.17. The fraction of sp³-hybridized carbons (Fsp3) is 0.625. The largest absolute Gasteiger partial charge is 0.387 e. The lowest BCUT2D eigenvalue weighted by molar-refractivity contribution is -0.0769. The number of nitrogens with one attached hydrogen (secondary N) is 1. The number of halogens is 1. The SMILES string of the molecule is C=CN(CCOCc1ccccc1)[C@@H]1CN[C@@H](C)CC[C@]12CC(CCCCCl)=NO2. The second kappa shape index (κ2) is 11.7. The van der Waals surface area contributed by atoms with Crippen molar-refractivity contribution in [3.63, 3.8) is 0 Å². The number of ether oxygens (including phenoxy) is 1. The topological polar surface area (TPSA) is 46.1 Å². The zero-order valence-corrected chi connectivity index (χ0v) is 18.9. The molecule has 6 heteroatoms. The van der Waals surface area contributed by atoms with Crippen LogP contribution in [-0.2, 0) is 16.2 Å². The molecule has 30 heavy (non-hydrogen) atoms. The van der Waals surface area contributed by atoms with Gasteiger partial charge in [-0.1, -0.05) is 42.1 Å². The number of nitrogens with zero attached hydrogens (tertiary/aromatic N) is 2. The number of benzene rings is 1. The van der Waals surface area contributed by atoms with Crippen molar-refractivity contribution in [2.45, 2.75) is 69.7 Å². The Morgan fingerprint density at radius 2 is 2.20 bits per heavy atom. The van der Waals surface area contributed by atoms with E-state index in [2.05, 4.69) is 41.0 Å². The molecule has 2 heterocycles. The van der Waals surface area contributed by atoms with Crippen molar-refractivity contribution in [3.05, 3.63) is 48.7 Å². The van der Waals surface area contributed by atoms with Gasteiger partial charge in [0.05, 0.1) is 25.0 Å². The lowest BCUT2D eigenvalue weighted by Gasteiger charge is -2.40. The summed E-state index contributed by atoms with van der Waals surface area (Å²) in [6.45, 7) is 9.25. The maximum atomic E-state index is 6.21. The summed E-state index contributed by atoms with van der Waals surface area (Å²) < 4.78 is 5.94. The van der Waals surface area contributed by atoms with Crippen LogP contribution in [0.5, 0.6) is 0 Å². The second-order valence-electron chi connectivity index (χ2n) is 8.46. The molecule has 0 radical (unpaired) electrons. The fourth-order valence-corrected chi connectivity index (χ4v) is 4.58. The number of hydrogen-bond donors (Lipinski definition) is 1. The Morgan fingerprint density at radius 1 is 1.37 bits per heavy atom. The molecule has 5 nitrogen and oxygen atoms in total. The van der Waals surface area contributed by atoms with E-state index >= 15 is 0 Å². The number of unbranched alkanes of at least 4 members (excludes halogenated alkanes) is 1. The van der Waals surface area contributed by atoms with Crippen LogP contribution in [-0.4, -0.2) is 53.9 Å². The van der Waals surface area contributed by atoms with E-state index < -0.39 is 0 Å². The van der Waals surface area contributed by atoms with Crippen molar-refractivity contribution in [2.75, 3.05) is 25.6 Å². The molecule has 1 spiro atoms. The third-order valence-corrected chi connectivity index (χ3v) is 6.48. The van der Waals surface area contributed by atoms with Gasteiger partial charge in [0, 0.05) is 31.4 Å². The van der Waals surface area contributed by atoms with E-state index in [4.69, 9.17) is 21.2 Å². The first kappa shape index (κ1) is 23.1. The second-order valence-corrected chi connectivity index (χ2v) is 8.84. The number of rotatable bonds is 11. The molecule has 2 aliphatic rings. The van der Waals surface area contributed by atoms with Gasteiger partial charge in [-0.05, 0) is 50.8 Å². The van der Waals surface area contributed by atoms with Gasteiger partial charge in [-0.15, -0.1) is 11.6 Å². The predicted molar refractivity (Wildman–Crippen MR) is 124 cm³/mol. The minimum Gasteiger partial charge on any atom is -0.387 e. The Labute approximate surface area is 186 Å². The molecule has 0 aliphatic carbocycles. The van der Waals surface area contributed by atoms with Gasteiger partial charge in [-0.2, -0.15) is 0 Å². The lowest BCUT2D eigenvalue weighted by Crippen LogP contribution is -2.55. The molecule has 1 saturated heterocycles. The summed E-state index contributed by atoms with van der Waals surface area (Å²) in [5, 5.41) is 8.17. The van der Waals surface area contributed by atoms with E-state index in [9.17, 15) is 0 Å². The molecule has 1 aromatic carbocycles. The van der Waals surface area contributed by atoms with Gasteiger partial charge in [0.15, 0.2) is 5.60 Å². The van der Waals surface area contributed by atoms with Crippen molar-refractivity contribution in [1.29, 1.82) is 0 Å². The van der Waals surface area contributed by atoms with E-state index in [0.717, 1.165) is 51.6 Å². The van der Waals surface area contributed by atoms with E-state index in [1.807, 2.05) is 24.4 Å². The summed E-state index contributed by atoms with van der Waals surface area (Å²) in [4.78, 5) is 8.49. The van der Waals surface area contributed by atoms with Gasteiger partial charge in [-0.3, -0.25) is 0 Å². The zero-order valence-electron chi connectivity index (χ0n) is 18.2. The summed E-state index contributed by atoms with van der Waals surface area (Å²) in [7, 11) is 0. The van der Waals surface area contributed by atoms with Gasteiger partial charge < -0.3 is 19.8 Å². The Bertz CT molecular complexity index is 684. The first-order valence-corrected chi connectivity index (χ1v) is 11.7. The molecule has 1 N–H and O–H groups in total. The van der Waals surface area contributed by atoms with Crippen LogP contribution in [0.4, 0.5) is 0 Å². The number of oxime groups is 1.